The van der Waals surface area contributed by atoms with Crippen LogP contribution in [0.2, 0.25) is 0 Å². The second-order valence-electron chi connectivity index (χ2n) is 14.2. The largest absolute Gasteiger partial charge is 0.459 e. The summed E-state index contributed by atoms with van der Waals surface area (Å²) in [6, 6.07) is 19.5. The van der Waals surface area contributed by atoms with E-state index in [9.17, 15) is 15.0 Å². The Balaban J connectivity index is 1.54. The molecule has 0 bridgehead atoms. The van der Waals surface area contributed by atoms with Gasteiger partial charge in [-0.05, 0) is 91.1 Å². The van der Waals surface area contributed by atoms with Crippen LogP contribution >= 0.6 is 11.6 Å². The molecule has 1 fully saturated rings. The number of benzene rings is 3. The molecule has 0 unspecified atom stereocenters. The van der Waals surface area contributed by atoms with E-state index in [2.05, 4.69) is 42.1 Å². The zero-order valence-electron chi connectivity index (χ0n) is 31.3. The molecule has 3 aliphatic rings. The molecule has 6 rings (SSSR count). The first kappa shape index (κ1) is 39.6. The van der Waals surface area contributed by atoms with Crippen molar-refractivity contribution in [2.24, 2.45) is 22.9 Å². The number of aliphatic hydroxyl groups is 2. The van der Waals surface area contributed by atoms with Crippen LogP contribution in [-0.4, -0.2) is 84.7 Å². The molecular weight excluding hydrogens is 708 g/mol. The summed E-state index contributed by atoms with van der Waals surface area (Å²) in [4.78, 5) is 20.9. The van der Waals surface area contributed by atoms with Crippen molar-refractivity contribution in [2.45, 2.75) is 69.6 Å². The molecular formula is C43H53ClN2O8. The van der Waals surface area contributed by atoms with Gasteiger partial charge in [0.15, 0.2) is 0 Å². The normalized spacial score (nSPS) is 24.9. The number of hydrogen-bond donors (Lipinski definition) is 2. The van der Waals surface area contributed by atoms with Gasteiger partial charge in [0, 0.05) is 38.2 Å². The Morgan fingerprint density at radius 1 is 1.04 bits per heavy atom. The predicted molar refractivity (Wildman–Crippen MR) is 210 cm³/mol. The molecule has 1 aliphatic heterocycles. The van der Waals surface area contributed by atoms with Gasteiger partial charge in [0.05, 0.1) is 24.1 Å². The lowest BCUT2D eigenvalue weighted by molar-refractivity contribution is -0.253. The van der Waals surface area contributed by atoms with Gasteiger partial charge in [-0.2, -0.15) is 0 Å². The van der Waals surface area contributed by atoms with E-state index < -0.39 is 23.8 Å². The Hall–Kier alpha value is -4.09. The van der Waals surface area contributed by atoms with Gasteiger partial charge < -0.3 is 38.9 Å². The summed E-state index contributed by atoms with van der Waals surface area (Å²) in [5.74, 6) is 0.470. The van der Waals surface area contributed by atoms with Gasteiger partial charge in [-0.25, -0.2) is 4.79 Å². The summed E-state index contributed by atoms with van der Waals surface area (Å²) in [5.41, 5.74) is 2.67. The Labute approximate surface area is 323 Å². The Bertz CT molecular complexity index is 1810. The number of allylic oxidation sites excluding steroid dienone is 1. The fourth-order valence-corrected chi connectivity index (χ4v) is 8.73. The second-order valence-corrected chi connectivity index (χ2v) is 14.6. The van der Waals surface area contributed by atoms with Gasteiger partial charge in [0.2, 0.25) is 5.79 Å². The second kappa shape index (κ2) is 18.5. The number of oxime groups is 1. The number of ether oxygens (including phenoxy) is 4. The van der Waals surface area contributed by atoms with E-state index in [1.807, 2.05) is 43.3 Å². The van der Waals surface area contributed by atoms with E-state index in [1.165, 1.54) is 0 Å². The van der Waals surface area contributed by atoms with Gasteiger partial charge in [-0.3, -0.25) is 0 Å². The molecule has 1 heterocycles. The van der Waals surface area contributed by atoms with Crippen molar-refractivity contribution < 1.29 is 38.8 Å². The molecule has 3 aromatic carbocycles. The lowest BCUT2D eigenvalue weighted by atomic mass is 9.55. The Kier molecular flexibility index (Phi) is 13.6. The minimum Gasteiger partial charge on any atom is -0.459 e. The minimum atomic E-state index is -1.36. The van der Waals surface area contributed by atoms with Crippen molar-refractivity contribution in [3.63, 3.8) is 0 Å². The van der Waals surface area contributed by atoms with E-state index in [0.29, 0.717) is 30.9 Å². The van der Waals surface area contributed by atoms with Crippen LogP contribution in [0.1, 0.15) is 63.4 Å². The van der Waals surface area contributed by atoms with Crippen LogP contribution in [0.5, 0.6) is 17.2 Å². The number of rotatable bonds is 18. The summed E-state index contributed by atoms with van der Waals surface area (Å²) in [6.07, 6.45) is 8.48. The van der Waals surface area contributed by atoms with Gasteiger partial charge in [0.1, 0.15) is 36.5 Å². The van der Waals surface area contributed by atoms with Crippen molar-refractivity contribution in [3.05, 3.63) is 90.5 Å². The highest BCUT2D eigenvalue weighted by Gasteiger charge is 2.65. The highest BCUT2D eigenvalue weighted by Crippen LogP contribution is 2.62. The van der Waals surface area contributed by atoms with Crippen molar-refractivity contribution in [3.8, 4) is 17.2 Å². The topological polar surface area (TPSA) is 119 Å². The summed E-state index contributed by atoms with van der Waals surface area (Å²) in [6.45, 7) is 6.69. The number of carbonyl (C=O) groups is 1. The van der Waals surface area contributed by atoms with Gasteiger partial charge in [0.25, 0.3) is 0 Å². The van der Waals surface area contributed by atoms with Crippen LogP contribution in [0.3, 0.4) is 0 Å². The number of hydrogen-bond acceptors (Lipinski definition) is 9. The number of halogens is 1. The molecule has 0 aromatic heterocycles. The predicted octanol–water partition coefficient (Wildman–Crippen LogP) is 8.59. The first-order chi connectivity index (χ1) is 26.4. The third-order valence-electron chi connectivity index (χ3n) is 11.0. The van der Waals surface area contributed by atoms with Gasteiger partial charge in [-0.15, -0.1) is 18.2 Å². The molecule has 2 aliphatic carbocycles. The van der Waals surface area contributed by atoms with Crippen LogP contribution in [0.4, 0.5) is 4.79 Å². The van der Waals surface area contributed by atoms with E-state index in [-0.39, 0.29) is 56.5 Å². The summed E-state index contributed by atoms with van der Waals surface area (Å²) >= 11 is 5.92. The molecule has 2 N–H and O–H groups in total. The molecule has 1 amide bonds. The van der Waals surface area contributed by atoms with Crippen molar-refractivity contribution in [2.75, 3.05) is 46.0 Å². The Morgan fingerprint density at radius 3 is 2.52 bits per heavy atom. The zero-order valence-corrected chi connectivity index (χ0v) is 32.1. The average Bonchev–Trinajstić information content (AvgIpc) is 3.19. The number of likely N-dealkylation sites (N-methyl/N-ethyl adjacent to an activating group) is 1. The van der Waals surface area contributed by atoms with Crippen LogP contribution in [0, 0.1) is 17.8 Å². The number of amides is 1. The maximum absolute atomic E-state index is 13.6. The summed E-state index contributed by atoms with van der Waals surface area (Å²) < 4.78 is 26.1. The van der Waals surface area contributed by atoms with Gasteiger partial charge >= 0.3 is 6.09 Å². The third-order valence-corrected chi connectivity index (χ3v) is 11.1. The molecule has 54 heavy (non-hydrogen) atoms. The Morgan fingerprint density at radius 2 is 1.78 bits per heavy atom. The average molecular weight is 761 g/mol. The lowest BCUT2D eigenvalue weighted by Gasteiger charge is -2.59. The van der Waals surface area contributed by atoms with Crippen LogP contribution in [-0.2, 0) is 14.3 Å². The standard InChI is InChI=1S/C43H53ClN2O8/c1-4-23-51-43-39(46(3)42(49)50-24-20-44)28-37(45-52-5-2)35-26-31(14-8-10-21-47)34(15-9-11-22-48)40(41(35)43)36-27-33(18-19-38(36)54-43)53-32-17-16-29-12-6-7-13-30(29)25-32/h4,6-7,12-13,16-19,25-27,31,34,39-41,47-48H,1,5,8-11,14-15,20-24,28H2,2-3H3/t31-,34+,39-,40+,41+,43+/m0/s1. The number of aliphatic hydroxyl groups excluding tert-OH is 2. The molecule has 0 spiro atoms. The third kappa shape index (κ3) is 8.27. The van der Waals surface area contributed by atoms with E-state index in [4.69, 9.17) is 35.4 Å². The molecule has 0 radical (unpaired) electrons. The first-order valence-corrected chi connectivity index (χ1v) is 19.7. The van der Waals surface area contributed by atoms with Crippen LogP contribution < -0.4 is 9.47 Å². The SMILES string of the molecule is C=CCO[C@@]12Oc3ccc(Oc4ccc5ccccc5c4)cc3[C@H]3[C@H](CCCCO)[C@@H](CCCCO)C=C(C(=NOCC)C[C@@H]1N(C)C(=O)OCCCl)[C@H]32. The van der Waals surface area contributed by atoms with Crippen molar-refractivity contribution in [1.82, 2.24) is 4.90 Å². The molecule has 11 heteroatoms. The van der Waals surface area contributed by atoms with Crippen molar-refractivity contribution in [1.29, 1.82) is 0 Å². The maximum atomic E-state index is 13.6. The van der Waals surface area contributed by atoms with Crippen molar-refractivity contribution >= 4 is 34.2 Å². The molecule has 3 aromatic rings. The number of alkyl halides is 1. The fraction of sp³-hybridized carbons (Fsp3) is 0.488. The van der Waals surface area contributed by atoms with Gasteiger partial charge in [-0.1, -0.05) is 60.5 Å². The van der Waals surface area contributed by atoms with E-state index in [0.717, 1.165) is 59.1 Å². The van der Waals surface area contributed by atoms with E-state index >= 15 is 0 Å². The molecule has 1 saturated carbocycles. The van der Waals surface area contributed by atoms with Crippen LogP contribution in [0.15, 0.2) is 90.1 Å². The molecule has 6 atom stereocenters. The number of nitrogens with zero attached hydrogens (tertiary/aromatic N) is 2. The lowest BCUT2D eigenvalue weighted by Crippen LogP contribution is -2.69. The summed E-state index contributed by atoms with van der Waals surface area (Å²) in [5, 5.41) is 26.5. The highest BCUT2D eigenvalue weighted by atomic mass is 35.5. The van der Waals surface area contributed by atoms with E-state index in [1.54, 1.807) is 18.0 Å². The number of carbonyl (C=O) groups excluding carboxylic acids is 1. The first-order valence-electron chi connectivity index (χ1n) is 19.2. The molecule has 290 valence electrons. The monoisotopic (exact) mass is 760 g/mol. The summed E-state index contributed by atoms with van der Waals surface area (Å²) in [7, 11) is 1.70. The fourth-order valence-electron chi connectivity index (χ4n) is 8.66. The number of fused-ring (bicyclic) bond motifs is 3. The number of unbranched alkanes of at least 4 members (excludes halogenated alkanes) is 2. The van der Waals surface area contributed by atoms with Crippen LogP contribution in [0.25, 0.3) is 10.8 Å². The molecule has 10 nitrogen and oxygen atoms in total. The maximum Gasteiger partial charge on any atom is 0.410 e. The minimum absolute atomic E-state index is 0.0567. The smallest absolute Gasteiger partial charge is 0.410 e. The molecule has 0 saturated heterocycles. The quantitative estimate of drug-likeness (QED) is 0.0573. The highest BCUT2D eigenvalue weighted by molar-refractivity contribution is 6.18. The zero-order chi connectivity index (χ0) is 38.1.